The van der Waals surface area contributed by atoms with Crippen LogP contribution in [0.3, 0.4) is 0 Å². The minimum atomic E-state index is -0.351. The number of furan rings is 1. The maximum atomic E-state index is 13.4. The van der Waals surface area contributed by atoms with Crippen LogP contribution in [0.15, 0.2) is 70.4 Å². The van der Waals surface area contributed by atoms with Crippen LogP contribution in [0.25, 0.3) is 5.57 Å². The molecule has 0 saturated carbocycles. The molecule has 3 heterocycles. The number of carbonyl (C=O) groups excluding carboxylic acids is 2. The molecular weight excluding hydrogens is 416 g/mol. The molecule has 8 heteroatoms. The SMILES string of the molecule is COc1ccc(C2=C(SCc3ccco3)C(=O)N(Cc3ccncc3)C2=O)cc1OC. The number of hydrogen-bond donors (Lipinski definition) is 0. The molecule has 0 bridgehead atoms. The van der Waals surface area contributed by atoms with Crippen LogP contribution in [0.4, 0.5) is 0 Å². The summed E-state index contributed by atoms with van der Waals surface area (Å²) in [6, 6.07) is 12.4. The van der Waals surface area contributed by atoms with E-state index in [2.05, 4.69) is 4.98 Å². The van der Waals surface area contributed by atoms with E-state index >= 15 is 0 Å². The molecule has 2 amide bonds. The lowest BCUT2D eigenvalue weighted by Crippen LogP contribution is -2.30. The van der Waals surface area contributed by atoms with Crippen LogP contribution in [0.1, 0.15) is 16.9 Å². The minimum absolute atomic E-state index is 0.168. The van der Waals surface area contributed by atoms with Gasteiger partial charge in [0.25, 0.3) is 11.8 Å². The fraction of sp³-hybridized carbons (Fsp3) is 0.174. The van der Waals surface area contributed by atoms with Gasteiger partial charge in [-0.05, 0) is 47.5 Å². The van der Waals surface area contributed by atoms with Crippen molar-refractivity contribution in [2.45, 2.75) is 12.3 Å². The number of ether oxygens (including phenoxy) is 2. The van der Waals surface area contributed by atoms with Gasteiger partial charge in [-0.25, -0.2) is 0 Å². The molecule has 0 saturated heterocycles. The lowest BCUT2D eigenvalue weighted by molar-refractivity contribution is -0.137. The summed E-state index contributed by atoms with van der Waals surface area (Å²) in [5, 5.41) is 0. The van der Waals surface area contributed by atoms with Crippen LogP contribution in [0, 0.1) is 0 Å². The van der Waals surface area contributed by atoms with Crippen molar-refractivity contribution in [3.8, 4) is 11.5 Å². The van der Waals surface area contributed by atoms with Gasteiger partial charge in [-0.3, -0.25) is 19.5 Å². The van der Waals surface area contributed by atoms with E-state index in [9.17, 15) is 9.59 Å². The van der Waals surface area contributed by atoms with Crippen LogP contribution in [0.2, 0.25) is 0 Å². The molecule has 2 aromatic heterocycles. The zero-order valence-electron chi connectivity index (χ0n) is 17.0. The Balaban J connectivity index is 1.72. The second-order valence-electron chi connectivity index (χ2n) is 6.69. The second-order valence-corrected chi connectivity index (χ2v) is 7.68. The second kappa shape index (κ2) is 9.09. The van der Waals surface area contributed by atoms with E-state index in [1.54, 1.807) is 62.2 Å². The van der Waals surface area contributed by atoms with E-state index in [4.69, 9.17) is 13.9 Å². The van der Waals surface area contributed by atoms with Gasteiger partial charge in [0.1, 0.15) is 5.76 Å². The third-order valence-corrected chi connectivity index (χ3v) is 5.92. The molecule has 0 unspecified atom stereocenters. The Morgan fingerprint density at radius 1 is 1.00 bits per heavy atom. The van der Waals surface area contributed by atoms with E-state index < -0.39 is 0 Å². The Morgan fingerprint density at radius 3 is 2.45 bits per heavy atom. The first-order valence-electron chi connectivity index (χ1n) is 9.49. The summed E-state index contributed by atoms with van der Waals surface area (Å²) in [6.45, 7) is 0.168. The highest BCUT2D eigenvalue weighted by Gasteiger charge is 2.39. The number of nitrogens with zero attached hydrogens (tertiary/aromatic N) is 2. The predicted molar refractivity (Wildman–Crippen MR) is 116 cm³/mol. The lowest BCUT2D eigenvalue weighted by Gasteiger charge is -2.15. The number of amides is 2. The summed E-state index contributed by atoms with van der Waals surface area (Å²) < 4.78 is 16.1. The van der Waals surface area contributed by atoms with Gasteiger partial charge in [-0.15, -0.1) is 11.8 Å². The van der Waals surface area contributed by atoms with E-state index in [0.29, 0.717) is 33.3 Å². The zero-order chi connectivity index (χ0) is 21.8. The van der Waals surface area contributed by atoms with Crippen molar-refractivity contribution in [3.63, 3.8) is 0 Å². The summed E-state index contributed by atoms with van der Waals surface area (Å²) in [5.41, 5.74) is 1.76. The van der Waals surface area contributed by atoms with Crippen molar-refractivity contribution < 1.29 is 23.5 Å². The molecule has 0 N–H and O–H groups in total. The molecule has 158 valence electrons. The van der Waals surface area contributed by atoms with Crippen LogP contribution >= 0.6 is 11.8 Å². The van der Waals surface area contributed by atoms with Crippen molar-refractivity contribution in [3.05, 3.63) is 82.9 Å². The summed E-state index contributed by atoms with van der Waals surface area (Å²) in [4.78, 5) is 32.3. The lowest BCUT2D eigenvalue weighted by atomic mass is 10.1. The third kappa shape index (κ3) is 4.20. The Morgan fingerprint density at radius 2 is 1.77 bits per heavy atom. The Kier molecular flexibility index (Phi) is 6.08. The standard InChI is InChI=1S/C23H20N2O5S/c1-28-18-6-5-16(12-19(18)29-2)20-21(31-14-17-4-3-11-30-17)23(27)25(22(20)26)13-15-7-9-24-10-8-15/h3-12H,13-14H2,1-2H3. The topological polar surface area (TPSA) is 81.9 Å². The van der Waals surface area contributed by atoms with Gasteiger partial charge >= 0.3 is 0 Å². The number of carbonyl (C=O) groups is 2. The average molecular weight is 436 g/mol. The fourth-order valence-corrected chi connectivity index (χ4v) is 4.32. The van der Waals surface area contributed by atoms with Gasteiger partial charge in [-0.1, -0.05) is 6.07 Å². The molecule has 31 heavy (non-hydrogen) atoms. The molecule has 0 radical (unpaired) electrons. The number of aromatic nitrogens is 1. The number of pyridine rings is 1. The normalized spacial score (nSPS) is 13.8. The summed E-state index contributed by atoms with van der Waals surface area (Å²) in [7, 11) is 3.07. The first kappa shape index (κ1) is 20.7. The molecule has 0 spiro atoms. The molecule has 7 nitrogen and oxygen atoms in total. The predicted octanol–water partition coefficient (Wildman–Crippen LogP) is 3.91. The summed E-state index contributed by atoms with van der Waals surface area (Å²) in [5.74, 6) is 1.50. The first-order chi connectivity index (χ1) is 15.1. The van der Waals surface area contributed by atoms with Crippen molar-refractivity contribution >= 4 is 29.1 Å². The highest BCUT2D eigenvalue weighted by atomic mass is 32.2. The van der Waals surface area contributed by atoms with E-state index in [-0.39, 0.29) is 18.4 Å². The van der Waals surface area contributed by atoms with Gasteiger partial charge in [0.15, 0.2) is 11.5 Å². The largest absolute Gasteiger partial charge is 0.493 e. The molecule has 0 fully saturated rings. The molecule has 0 aliphatic carbocycles. The zero-order valence-corrected chi connectivity index (χ0v) is 17.8. The van der Waals surface area contributed by atoms with Gasteiger partial charge in [-0.2, -0.15) is 0 Å². The minimum Gasteiger partial charge on any atom is -0.493 e. The van der Waals surface area contributed by atoms with Gasteiger partial charge in [0.05, 0.1) is 43.3 Å². The molecule has 4 rings (SSSR count). The van der Waals surface area contributed by atoms with Crippen molar-refractivity contribution in [2.24, 2.45) is 0 Å². The molecule has 1 aliphatic heterocycles. The van der Waals surface area contributed by atoms with Crippen molar-refractivity contribution in [1.82, 2.24) is 9.88 Å². The number of rotatable bonds is 8. The number of imide groups is 1. The van der Waals surface area contributed by atoms with E-state index in [1.165, 1.54) is 23.8 Å². The Hall–Kier alpha value is -3.52. The van der Waals surface area contributed by atoms with Gasteiger partial charge < -0.3 is 13.9 Å². The fourth-order valence-electron chi connectivity index (χ4n) is 3.29. The Labute approximate surface area is 183 Å². The van der Waals surface area contributed by atoms with Crippen molar-refractivity contribution in [2.75, 3.05) is 14.2 Å². The molecule has 1 aliphatic rings. The number of methoxy groups -OCH3 is 2. The quantitative estimate of drug-likeness (QED) is 0.495. The van der Waals surface area contributed by atoms with Gasteiger partial charge in [0.2, 0.25) is 0 Å². The van der Waals surface area contributed by atoms with Crippen LogP contribution in [-0.2, 0) is 21.9 Å². The number of benzene rings is 1. The first-order valence-corrected chi connectivity index (χ1v) is 10.5. The number of hydrogen-bond acceptors (Lipinski definition) is 7. The smallest absolute Gasteiger partial charge is 0.268 e. The number of thioether (sulfide) groups is 1. The molecule has 0 atom stereocenters. The molecule has 1 aromatic carbocycles. The van der Waals surface area contributed by atoms with Crippen molar-refractivity contribution in [1.29, 1.82) is 0 Å². The highest BCUT2D eigenvalue weighted by Crippen LogP contribution is 2.40. The maximum absolute atomic E-state index is 13.4. The maximum Gasteiger partial charge on any atom is 0.268 e. The van der Waals surface area contributed by atoms with E-state index in [0.717, 1.165) is 11.3 Å². The average Bonchev–Trinajstić information content (AvgIpc) is 3.40. The van der Waals surface area contributed by atoms with Crippen LogP contribution in [-0.4, -0.2) is 35.9 Å². The van der Waals surface area contributed by atoms with Gasteiger partial charge in [0, 0.05) is 12.4 Å². The van der Waals surface area contributed by atoms with Crippen LogP contribution < -0.4 is 9.47 Å². The summed E-state index contributed by atoms with van der Waals surface area (Å²) in [6.07, 6.45) is 4.85. The van der Waals surface area contributed by atoms with E-state index in [1.807, 2.05) is 6.07 Å². The third-order valence-electron chi connectivity index (χ3n) is 4.83. The molecule has 3 aromatic rings. The highest BCUT2D eigenvalue weighted by molar-refractivity contribution is 8.03. The van der Waals surface area contributed by atoms with Crippen LogP contribution in [0.5, 0.6) is 11.5 Å². The Bertz CT molecular complexity index is 1130. The monoisotopic (exact) mass is 436 g/mol. The summed E-state index contributed by atoms with van der Waals surface area (Å²) >= 11 is 1.28. The molecular formula is C23H20N2O5S.